The molecule has 0 heterocycles. The van der Waals surface area contributed by atoms with E-state index in [0.29, 0.717) is 18.8 Å². The number of hydrogen-bond donors (Lipinski definition) is 1. The highest BCUT2D eigenvalue weighted by molar-refractivity contribution is 7.92. The fraction of sp³-hybridized carbons (Fsp3) is 0.333. The summed E-state index contributed by atoms with van der Waals surface area (Å²) >= 11 is 0. The fourth-order valence-corrected chi connectivity index (χ4v) is 5.63. The van der Waals surface area contributed by atoms with Crippen LogP contribution < -0.4 is 14.4 Å². The van der Waals surface area contributed by atoms with E-state index in [9.17, 15) is 22.4 Å². The molecule has 0 aromatic heterocycles. The van der Waals surface area contributed by atoms with Crippen LogP contribution in [0.15, 0.2) is 83.8 Å². The predicted molar refractivity (Wildman–Crippen MR) is 153 cm³/mol. The van der Waals surface area contributed by atoms with Crippen molar-refractivity contribution >= 4 is 27.5 Å². The molecule has 1 N–H and O–H groups in total. The smallest absolute Gasteiger partial charge is 0.264 e. The van der Waals surface area contributed by atoms with Crippen LogP contribution in [0, 0.1) is 5.82 Å². The van der Waals surface area contributed by atoms with Gasteiger partial charge < -0.3 is 15.0 Å². The van der Waals surface area contributed by atoms with Crippen molar-refractivity contribution in [3.8, 4) is 5.75 Å². The quantitative estimate of drug-likeness (QED) is 0.321. The summed E-state index contributed by atoms with van der Waals surface area (Å²) in [5, 5.41) is 2.86. The van der Waals surface area contributed by atoms with Crippen LogP contribution in [0.2, 0.25) is 0 Å². The second-order valence-corrected chi connectivity index (χ2v) is 11.3. The van der Waals surface area contributed by atoms with Gasteiger partial charge in [-0.2, -0.15) is 0 Å². The second-order valence-electron chi connectivity index (χ2n) is 9.49. The molecule has 214 valence electrons. The number of anilines is 1. The molecule has 1 atom stereocenters. The first-order valence-electron chi connectivity index (χ1n) is 13.2. The van der Waals surface area contributed by atoms with Gasteiger partial charge in [0, 0.05) is 12.6 Å². The number of hydrogen-bond acceptors (Lipinski definition) is 5. The number of amides is 2. The molecule has 0 fully saturated rings. The number of halogens is 1. The van der Waals surface area contributed by atoms with E-state index in [1.807, 2.05) is 51.1 Å². The highest BCUT2D eigenvalue weighted by atomic mass is 32.2. The van der Waals surface area contributed by atoms with Gasteiger partial charge in [0.2, 0.25) is 11.8 Å². The molecule has 1 unspecified atom stereocenters. The van der Waals surface area contributed by atoms with Gasteiger partial charge in [0.05, 0.1) is 17.2 Å². The summed E-state index contributed by atoms with van der Waals surface area (Å²) in [5.74, 6) is -0.949. The van der Waals surface area contributed by atoms with Crippen LogP contribution in [0.1, 0.15) is 39.7 Å². The largest absolute Gasteiger partial charge is 0.494 e. The highest BCUT2D eigenvalue weighted by Gasteiger charge is 2.33. The molecule has 3 rings (SSSR count). The fourth-order valence-electron chi connectivity index (χ4n) is 4.22. The van der Waals surface area contributed by atoms with Gasteiger partial charge in [-0.25, -0.2) is 12.8 Å². The maximum absolute atomic E-state index is 14.0. The highest BCUT2D eigenvalue weighted by Crippen LogP contribution is 2.26. The van der Waals surface area contributed by atoms with Crippen molar-refractivity contribution in [3.63, 3.8) is 0 Å². The molecule has 10 heteroatoms. The first kappa shape index (κ1) is 30.6. The Morgan fingerprint density at radius 1 is 0.925 bits per heavy atom. The Balaban J connectivity index is 2.03. The molecule has 40 heavy (non-hydrogen) atoms. The standard InChI is InChI=1S/C30H36FN3O5S/c1-5-28(30(36)32-22(3)4)33(20-23-10-8-7-9-11-23)29(35)21-34(25-14-12-24(31)13-15-25)40(37,38)27-18-16-26(17-19-27)39-6-2/h7-19,22,28H,5-6,20-21H2,1-4H3,(H,32,36). The van der Waals surface area contributed by atoms with Gasteiger partial charge in [-0.1, -0.05) is 37.3 Å². The van der Waals surface area contributed by atoms with E-state index in [-0.39, 0.29) is 29.1 Å². The minimum atomic E-state index is -4.26. The Bertz CT molecular complexity index is 1360. The molecule has 0 aliphatic rings. The summed E-state index contributed by atoms with van der Waals surface area (Å²) in [7, 11) is -4.26. The van der Waals surface area contributed by atoms with Gasteiger partial charge in [0.15, 0.2) is 0 Å². The first-order valence-corrected chi connectivity index (χ1v) is 14.7. The maximum Gasteiger partial charge on any atom is 0.264 e. The van der Waals surface area contributed by atoms with Crippen LogP contribution in [-0.4, -0.2) is 50.4 Å². The summed E-state index contributed by atoms with van der Waals surface area (Å²) < 4.78 is 47.9. The van der Waals surface area contributed by atoms with E-state index in [1.165, 1.54) is 41.3 Å². The van der Waals surface area contributed by atoms with Gasteiger partial charge >= 0.3 is 0 Å². The molecule has 2 amide bonds. The molecule has 0 saturated carbocycles. The molecule has 0 bridgehead atoms. The number of carbonyl (C=O) groups excluding carboxylic acids is 2. The number of rotatable bonds is 13. The Kier molecular flexibility index (Phi) is 10.7. The van der Waals surface area contributed by atoms with Crippen molar-refractivity contribution in [2.45, 2.75) is 57.6 Å². The van der Waals surface area contributed by atoms with Crippen LogP contribution in [0.4, 0.5) is 10.1 Å². The van der Waals surface area contributed by atoms with E-state index < -0.39 is 34.3 Å². The molecule has 0 aliphatic carbocycles. The molecule has 8 nitrogen and oxygen atoms in total. The number of nitrogens with zero attached hydrogens (tertiary/aromatic N) is 2. The Hall–Kier alpha value is -3.92. The zero-order valence-corrected chi connectivity index (χ0v) is 24.0. The minimum absolute atomic E-state index is 0.0627. The van der Waals surface area contributed by atoms with Crippen LogP contribution in [0.25, 0.3) is 0 Å². The Morgan fingerprint density at radius 3 is 2.10 bits per heavy atom. The topological polar surface area (TPSA) is 96.0 Å². The van der Waals surface area contributed by atoms with Crippen molar-refractivity contribution < 1.29 is 27.1 Å². The van der Waals surface area contributed by atoms with Gasteiger partial charge in [0.1, 0.15) is 24.2 Å². The predicted octanol–water partition coefficient (Wildman–Crippen LogP) is 4.75. The van der Waals surface area contributed by atoms with Crippen LogP contribution in [-0.2, 0) is 26.2 Å². The summed E-state index contributed by atoms with van der Waals surface area (Å²) in [5.41, 5.74) is 0.900. The van der Waals surface area contributed by atoms with Crippen LogP contribution >= 0.6 is 0 Å². The molecular weight excluding hydrogens is 533 g/mol. The minimum Gasteiger partial charge on any atom is -0.494 e. The lowest BCUT2D eigenvalue weighted by atomic mass is 10.1. The third kappa shape index (κ3) is 7.81. The molecular formula is C30H36FN3O5S. The summed E-state index contributed by atoms with van der Waals surface area (Å²) in [4.78, 5) is 28.4. The molecule has 0 aliphatic heterocycles. The molecule has 0 saturated heterocycles. The lowest BCUT2D eigenvalue weighted by Crippen LogP contribution is -2.53. The van der Waals surface area contributed by atoms with E-state index in [0.717, 1.165) is 22.0 Å². The van der Waals surface area contributed by atoms with Crippen molar-refractivity contribution in [1.29, 1.82) is 0 Å². The van der Waals surface area contributed by atoms with Crippen molar-refractivity contribution in [1.82, 2.24) is 10.2 Å². The van der Waals surface area contributed by atoms with Gasteiger partial charge in [-0.05, 0) is 81.3 Å². The van der Waals surface area contributed by atoms with Gasteiger partial charge in [0.25, 0.3) is 10.0 Å². The van der Waals surface area contributed by atoms with Gasteiger partial charge in [-0.15, -0.1) is 0 Å². The third-order valence-corrected chi connectivity index (χ3v) is 7.92. The lowest BCUT2D eigenvalue weighted by Gasteiger charge is -2.33. The van der Waals surface area contributed by atoms with Crippen molar-refractivity contribution in [3.05, 3.63) is 90.2 Å². The zero-order chi connectivity index (χ0) is 29.3. The average Bonchev–Trinajstić information content (AvgIpc) is 2.92. The van der Waals surface area contributed by atoms with Crippen LogP contribution in [0.3, 0.4) is 0 Å². The Morgan fingerprint density at radius 2 is 1.55 bits per heavy atom. The summed E-state index contributed by atoms with van der Waals surface area (Å²) in [6, 6.07) is 18.9. The number of benzene rings is 3. The number of nitrogens with one attached hydrogen (secondary N) is 1. The molecule has 0 radical (unpaired) electrons. The van der Waals surface area contributed by atoms with Crippen molar-refractivity contribution in [2.75, 3.05) is 17.5 Å². The van der Waals surface area contributed by atoms with Gasteiger partial charge in [-0.3, -0.25) is 13.9 Å². The SMILES string of the molecule is CCOc1ccc(S(=O)(=O)N(CC(=O)N(Cc2ccccc2)C(CC)C(=O)NC(C)C)c2ccc(F)cc2)cc1. The molecule has 3 aromatic carbocycles. The van der Waals surface area contributed by atoms with E-state index in [2.05, 4.69) is 5.32 Å². The van der Waals surface area contributed by atoms with Crippen LogP contribution in [0.5, 0.6) is 5.75 Å². The number of carbonyl (C=O) groups is 2. The third-order valence-electron chi connectivity index (χ3n) is 6.13. The Labute approximate surface area is 235 Å². The molecule has 3 aromatic rings. The van der Waals surface area contributed by atoms with E-state index in [1.54, 1.807) is 6.92 Å². The monoisotopic (exact) mass is 569 g/mol. The number of sulfonamides is 1. The van der Waals surface area contributed by atoms with E-state index in [4.69, 9.17) is 4.74 Å². The first-order chi connectivity index (χ1) is 19.1. The van der Waals surface area contributed by atoms with E-state index >= 15 is 0 Å². The average molecular weight is 570 g/mol. The summed E-state index contributed by atoms with van der Waals surface area (Å²) in [6.45, 7) is 7.19. The zero-order valence-electron chi connectivity index (χ0n) is 23.2. The number of ether oxygens (including phenoxy) is 1. The second kappa shape index (κ2) is 13.9. The molecule has 0 spiro atoms. The summed E-state index contributed by atoms with van der Waals surface area (Å²) in [6.07, 6.45) is 0.319. The van der Waals surface area contributed by atoms with Crippen molar-refractivity contribution in [2.24, 2.45) is 0 Å². The normalized spacial score (nSPS) is 12.1. The lowest BCUT2D eigenvalue weighted by molar-refractivity contribution is -0.140. The maximum atomic E-state index is 14.0.